The van der Waals surface area contributed by atoms with E-state index in [4.69, 9.17) is 9.15 Å². The first kappa shape index (κ1) is 13.8. The molecule has 1 aromatic carbocycles. The Hall–Kier alpha value is -1.58. The van der Waals surface area contributed by atoms with Crippen molar-refractivity contribution in [2.45, 2.75) is 26.5 Å². The van der Waals surface area contributed by atoms with Crippen molar-refractivity contribution in [1.82, 2.24) is 5.32 Å². The van der Waals surface area contributed by atoms with Gasteiger partial charge in [0.05, 0.1) is 19.8 Å². The summed E-state index contributed by atoms with van der Waals surface area (Å²) in [7, 11) is 0. The lowest BCUT2D eigenvalue weighted by molar-refractivity contribution is 0.124. The average molecular weight is 259 g/mol. The van der Waals surface area contributed by atoms with Gasteiger partial charge in [0.2, 0.25) is 0 Å². The molecule has 0 radical (unpaired) electrons. The molecule has 3 heteroatoms. The molecule has 0 spiro atoms. The molecular formula is C16H21NO2. The Morgan fingerprint density at radius 3 is 3.00 bits per heavy atom. The van der Waals surface area contributed by atoms with Crippen molar-refractivity contribution in [2.75, 3.05) is 13.2 Å². The molecule has 0 aliphatic carbocycles. The molecule has 1 heterocycles. The maximum Gasteiger partial charge on any atom is 0.134 e. The van der Waals surface area contributed by atoms with Gasteiger partial charge in [-0.05, 0) is 19.0 Å². The lowest BCUT2D eigenvalue weighted by atomic mass is 10.1. The van der Waals surface area contributed by atoms with E-state index >= 15 is 0 Å². The van der Waals surface area contributed by atoms with Crippen LogP contribution in [0.15, 0.2) is 41.3 Å². The van der Waals surface area contributed by atoms with Gasteiger partial charge >= 0.3 is 0 Å². The molecule has 0 aliphatic heterocycles. The van der Waals surface area contributed by atoms with Gasteiger partial charge < -0.3 is 14.5 Å². The highest BCUT2D eigenvalue weighted by Gasteiger charge is 2.13. The van der Waals surface area contributed by atoms with E-state index in [1.165, 1.54) is 0 Å². The molecule has 0 atom stereocenters. The van der Waals surface area contributed by atoms with Crippen LogP contribution < -0.4 is 5.32 Å². The standard InChI is InChI=1S/C16H21NO2/c1-3-5-10-18-12-14-13-8-6-7-9-15(13)19-16(14)11-17-4-2/h3,6-9,17H,1,4-5,10-12H2,2H3. The van der Waals surface area contributed by atoms with Gasteiger partial charge in [0.25, 0.3) is 0 Å². The van der Waals surface area contributed by atoms with Crippen molar-refractivity contribution < 1.29 is 9.15 Å². The zero-order valence-corrected chi connectivity index (χ0v) is 11.4. The number of nitrogens with one attached hydrogen (secondary N) is 1. The SMILES string of the molecule is C=CCCOCc1c(CNCC)oc2ccccc12. The minimum absolute atomic E-state index is 0.589. The van der Waals surface area contributed by atoms with Gasteiger partial charge in [-0.25, -0.2) is 0 Å². The lowest BCUT2D eigenvalue weighted by Gasteiger charge is -2.04. The molecule has 1 N–H and O–H groups in total. The fraction of sp³-hybridized carbons (Fsp3) is 0.375. The summed E-state index contributed by atoms with van der Waals surface area (Å²) in [5.41, 5.74) is 2.08. The maximum atomic E-state index is 5.90. The summed E-state index contributed by atoms with van der Waals surface area (Å²) in [6.45, 7) is 8.73. The number of rotatable bonds is 8. The normalized spacial score (nSPS) is 11.0. The molecule has 2 rings (SSSR count). The molecule has 0 saturated carbocycles. The number of hydrogen-bond acceptors (Lipinski definition) is 3. The molecule has 0 amide bonds. The monoisotopic (exact) mass is 259 g/mol. The van der Waals surface area contributed by atoms with Crippen molar-refractivity contribution in [1.29, 1.82) is 0 Å². The lowest BCUT2D eigenvalue weighted by Crippen LogP contribution is -2.12. The largest absolute Gasteiger partial charge is 0.459 e. The van der Waals surface area contributed by atoms with Gasteiger partial charge in [0.1, 0.15) is 11.3 Å². The third-order valence-corrected chi connectivity index (χ3v) is 3.03. The van der Waals surface area contributed by atoms with Gasteiger partial charge in [-0.1, -0.05) is 31.2 Å². The molecule has 0 unspecified atom stereocenters. The summed E-state index contributed by atoms with van der Waals surface area (Å²) in [5, 5.41) is 4.45. The first-order valence-electron chi connectivity index (χ1n) is 6.75. The highest BCUT2D eigenvalue weighted by Crippen LogP contribution is 2.26. The third kappa shape index (κ3) is 3.46. The topological polar surface area (TPSA) is 34.4 Å². The second-order valence-corrected chi connectivity index (χ2v) is 4.41. The molecule has 0 bridgehead atoms. The van der Waals surface area contributed by atoms with E-state index in [1.54, 1.807) is 0 Å². The number of hydrogen-bond donors (Lipinski definition) is 1. The summed E-state index contributed by atoms with van der Waals surface area (Å²) in [6.07, 6.45) is 2.74. The minimum Gasteiger partial charge on any atom is -0.459 e. The maximum absolute atomic E-state index is 5.90. The van der Waals surface area contributed by atoms with E-state index in [1.807, 2.05) is 24.3 Å². The van der Waals surface area contributed by atoms with Crippen LogP contribution in [0.5, 0.6) is 0 Å². The van der Waals surface area contributed by atoms with Crippen LogP contribution in [0.25, 0.3) is 11.0 Å². The van der Waals surface area contributed by atoms with Crippen LogP contribution in [0.4, 0.5) is 0 Å². The molecule has 0 fully saturated rings. The van der Waals surface area contributed by atoms with E-state index in [0.29, 0.717) is 13.2 Å². The van der Waals surface area contributed by atoms with E-state index in [-0.39, 0.29) is 0 Å². The van der Waals surface area contributed by atoms with E-state index in [0.717, 1.165) is 41.8 Å². The number of furan rings is 1. The van der Waals surface area contributed by atoms with Crippen LogP contribution in [0.3, 0.4) is 0 Å². The van der Waals surface area contributed by atoms with Gasteiger partial charge in [0.15, 0.2) is 0 Å². The molecule has 3 nitrogen and oxygen atoms in total. The molecule has 0 aliphatic rings. The van der Waals surface area contributed by atoms with Gasteiger partial charge in [0, 0.05) is 10.9 Å². The van der Waals surface area contributed by atoms with Gasteiger partial charge in [-0.15, -0.1) is 6.58 Å². The number of benzene rings is 1. The zero-order valence-electron chi connectivity index (χ0n) is 11.4. The summed E-state index contributed by atoms with van der Waals surface area (Å²) in [5.74, 6) is 0.974. The summed E-state index contributed by atoms with van der Waals surface area (Å²) in [6, 6.07) is 8.10. The van der Waals surface area contributed by atoms with Crippen LogP contribution in [0.2, 0.25) is 0 Å². The van der Waals surface area contributed by atoms with E-state index in [9.17, 15) is 0 Å². The molecule has 0 saturated heterocycles. The van der Waals surface area contributed by atoms with Crippen LogP contribution in [0.1, 0.15) is 24.7 Å². The molecule has 2 aromatic rings. The Labute approximate surface area is 114 Å². The van der Waals surface area contributed by atoms with Gasteiger partial charge in [-0.2, -0.15) is 0 Å². The Bertz CT molecular complexity index is 531. The van der Waals surface area contributed by atoms with Crippen LogP contribution in [0, 0.1) is 0 Å². The van der Waals surface area contributed by atoms with Crippen molar-refractivity contribution in [3.05, 3.63) is 48.2 Å². The van der Waals surface area contributed by atoms with Gasteiger partial charge in [-0.3, -0.25) is 0 Å². The quantitative estimate of drug-likeness (QED) is 0.580. The fourth-order valence-corrected chi connectivity index (χ4v) is 2.03. The number of para-hydroxylation sites is 1. The zero-order chi connectivity index (χ0) is 13.5. The Morgan fingerprint density at radius 1 is 1.37 bits per heavy atom. The van der Waals surface area contributed by atoms with Crippen molar-refractivity contribution in [3.8, 4) is 0 Å². The molecule has 19 heavy (non-hydrogen) atoms. The Balaban J connectivity index is 2.18. The molecule has 1 aromatic heterocycles. The Kier molecular flexibility index (Phi) is 5.19. The number of ether oxygens (including phenoxy) is 1. The van der Waals surface area contributed by atoms with Crippen molar-refractivity contribution >= 4 is 11.0 Å². The minimum atomic E-state index is 0.589. The van der Waals surface area contributed by atoms with E-state index in [2.05, 4.69) is 24.9 Å². The smallest absolute Gasteiger partial charge is 0.134 e. The fourth-order valence-electron chi connectivity index (χ4n) is 2.03. The third-order valence-electron chi connectivity index (χ3n) is 3.03. The molecular weight excluding hydrogens is 238 g/mol. The first-order valence-corrected chi connectivity index (χ1v) is 6.75. The average Bonchev–Trinajstić information content (AvgIpc) is 2.79. The first-order chi connectivity index (χ1) is 9.36. The second kappa shape index (κ2) is 7.12. The van der Waals surface area contributed by atoms with E-state index < -0.39 is 0 Å². The van der Waals surface area contributed by atoms with Crippen molar-refractivity contribution in [2.24, 2.45) is 0 Å². The van der Waals surface area contributed by atoms with Crippen LogP contribution >= 0.6 is 0 Å². The summed E-state index contributed by atoms with van der Waals surface area (Å²) in [4.78, 5) is 0. The predicted molar refractivity (Wildman–Crippen MR) is 78.1 cm³/mol. The Morgan fingerprint density at radius 2 is 2.21 bits per heavy atom. The molecule has 102 valence electrons. The van der Waals surface area contributed by atoms with Crippen LogP contribution in [-0.2, 0) is 17.9 Å². The highest BCUT2D eigenvalue weighted by atomic mass is 16.5. The predicted octanol–water partition coefficient (Wildman–Crippen LogP) is 3.64. The number of fused-ring (bicyclic) bond motifs is 1. The van der Waals surface area contributed by atoms with Crippen LogP contribution in [-0.4, -0.2) is 13.2 Å². The second-order valence-electron chi connectivity index (χ2n) is 4.41. The highest BCUT2D eigenvalue weighted by molar-refractivity contribution is 5.82. The van der Waals surface area contributed by atoms with Crippen molar-refractivity contribution in [3.63, 3.8) is 0 Å². The summed E-state index contributed by atoms with van der Waals surface area (Å²) >= 11 is 0. The summed E-state index contributed by atoms with van der Waals surface area (Å²) < 4.78 is 11.6.